The normalized spacial score (nSPS) is 14.4. The van der Waals surface area contributed by atoms with Gasteiger partial charge in [-0.05, 0) is 30.5 Å². The molecule has 1 aliphatic carbocycles. The Kier molecular flexibility index (Phi) is 3.13. The average Bonchev–Trinajstić information content (AvgIpc) is 3.12. The predicted molar refractivity (Wildman–Crippen MR) is 62.9 cm³/mol. The lowest BCUT2D eigenvalue weighted by atomic mass is 10.1. The summed E-state index contributed by atoms with van der Waals surface area (Å²) in [5, 5.41) is 8.75. The van der Waals surface area contributed by atoms with Crippen LogP contribution in [-0.2, 0) is 11.2 Å². The maximum Gasteiger partial charge on any atom is 0.335 e. The predicted octanol–water partition coefficient (Wildman–Crippen LogP) is 1.55. The molecule has 0 aliphatic heterocycles. The fourth-order valence-corrected chi connectivity index (χ4v) is 1.73. The van der Waals surface area contributed by atoms with Crippen LogP contribution in [0.4, 0.5) is 0 Å². The van der Waals surface area contributed by atoms with Crippen LogP contribution in [-0.4, -0.2) is 35.0 Å². The molecule has 0 atom stereocenters. The first-order valence-corrected chi connectivity index (χ1v) is 5.66. The minimum Gasteiger partial charge on any atom is -0.478 e. The van der Waals surface area contributed by atoms with E-state index in [4.69, 9.17) is 5.11 Å². The third-order valence-corrected chi connectivity index (χ3v) is 3.04. The van der Waals surface area contributed by atoms with Gasteiger partial charge in [0.05, 0.1) is 12.0 Å². The Labute approximate surface area is 99.9 Å². The zero-order valence-corrected chi connectivity index (χ0v) is 9.72. The highest BCUT2D eigenvalue weighted by Gasteiger charge is 2.29. The van der Waals surface area contributed by atoms with E-state index in [9.17, 15) is 9.59 Å². The van der Waals surface area contributed by atoms with Gasteiger partial charge in [-0.15, -0.1) is 0 Å². The van der Waals surface area contributed by atoms with Crippen molar-refractivity contribution in [1.82, 2.24) is 4.90 Å². The fraction of sp³-hybridized carbons (Fsp3) is 0.385. The van der Waals surface area contributed by atoms with Gasteiger partial charge in [0.15, 0.2) is 0 Å². The Morgan fingerprint density at radius 1 is 1.29 bits per heavy atom. The molecule has 0 heterocycles. The van der Waals surface area contributed by atoms with Gasteiger partial charge in [0.2, 0.25) is 5.91 Å². The Morgan fingerprint density at radius 3 is 2.35 bits per heavy atom. The number of rotatable bonds is 4. The molecule has 1 aromatic carbocycles. The van der Waals surface area contributed by atoms with Gasteiger partial charge in [-0.3, -0.25) is 4.79 Å². The number of hydrogen-bond donors (Lipinski definition) is 1. The van der Waals surface area contributed by atoms with Crippen molar-refractivity contribution in [2.45, 2.75) is 25.3 Å². The standard InChI is InChI=1S/C13H15NO3/c1-14(11-6-7-11)12(15)8-9-2-4-10(5-3-9)13(16)17/h2-5,11H,6-8H2,1H3,(H,16,17). The van der Waals surface area contributed by atoms with Crippen molar-refractivity contribution in [3.05, 3.63) is 35.4 Å². The number of carbonyl (C=O) groups is 2. The summed E-state index contributed by atoms with van der Waals surface area (Å²) < 4.78 is 0. The highest BCUT2D eigenvalue weighted by atomic mass is 16.4. The molecule has 0 spiro atoms. The van der Waals surface area contributed by atoms with Crippen LogP contribution in [0, 0.1) is 0 Å². The highest BCUT2D eigenvalue weighted by molar-refractivity contribution is 5.87. The molecule has 1 saturated carbocycles. The molecule has 0 saturated heterocycles. The Morgan fingerprint density at radius 2 is 1.88 bits per heavy atom. The van der Waals surface area contributed by atoms with Crippen LogP contribution in [0.15, 0.2) is 24.3 Å². The summed E-state index contributed by atoms with van der Waals surface area (Å²) in [7, 11) is 1.83. The van der Waals surface area contributed by atoms with Crippen molar-refractivity contribution in [1.29, 1.82) is 0 Å². The van der Waals surface area contributed by atoms with Gasteiger partial charge in [-0.25, -0.2) is 4.79 Å². The molecule has 0 unspecified atom stereocenters. The molecule has 2 rings (SSSR count). The molecule has 4 heteroatoms. The van der Waals surface area contributed by atoms with E-state index < -0.39 is 5.97 Å². The van der Waals surface area contributed by atoms with Crippen LogP contribution >= 0.6 is 0 Å². The van der Waals surface area contributed by atoms with Crippen molar-refractivity contribution < 1.29 is 14.7 Å². The second-order valence-electron chi connectivity index (χ2n) is 4.41. The third kappa shape index (κ3) is 2.84. The van der Waals surface area contributed by atoms with Crippen LogP contribution in [0.2, 0.25) is 0 Å². The maximum absolute atomic E-state index is 11.8. The monoisotopic (exact) mass is 233 g/mol. The van der Waals surface area contributed by atoms with Crippen LogP contribution in [0.25, 0.3) is 0 Å². The van der Waals surface area contributed by atoms with Crippen molar-refractivity contribution in [2.24, 2.45) is 0 Å². The summed E-state index contributed by atoms with van der Waals surface area (Å²) in [4.78, 5) is 24.3. The number of hydrogen-bond acceptors (Lipinski definition) is 2. The van der Waals surface area contributed by atoms with E-state index in [1.54, 1.807) is 17.0 Å². The molecule has 0 bridgehead atoms. The molecule has 0 aromatic heterocycles. The summed E-state index contributed by atoms with van der Waals surface area (Å²) in [6.07, 6.45) is 2.54. The molecule has 0 radical (unpaired) electrons. The zero-order chi connectivity index (χ0) is 12.4. The maximum atomic E-state index is 11.8. The summed E-state index contributed by atoms with van der Waals surface area (Å²) in [5.74, 6) is -0.853. The van der Waals surface area contributed by atoms with E-state index in [1.165, 1.54) is 12.1 Å². The Balaban J connectivity index is 1.98. The van der Waals surface area contributed by atoms with Gasteiger partial charge in [0, 0.05) is 13.1 Å². The summed E-state index contributed by atoms with van der Waals surface area (Å²) >= 11 is 0. The Hall–Kier alpha value is -1.84. The van der Waals surface area contributed by atoms with Crippen molar-refractivity contribution in [2.75, 3.05) is 7.05 Å². The van der Waals surface area contributed by atoms with Gasteiger partial charge in [-0.1, -0.05) is 12.1 Å². The first-order valence-electron chi connectivity index (χ1n) is 5.66. The van der Waals surface area contributed by atoms with Crippen LogP contribution in [0.3, 0.4) is 0 Å². The molecule has 1 N–H and O–H groups in total. The fourth-order valence-electron chi connectivity index (χ4n) is 1.73. The van der Waals surface area contributed by atoms with E-state index in [-0.39, 0.29) is 11.5 Å². The quantitative estimate of drug-likeness (QED) is 0.858. The number of aromatic carboxylic acids is 1. The lowest BCUT2D eigenvalue weighted by molar-refractivity contribution is -0.129. The summed E-state index contributed by atoms with van der Waals surface area (Å²) in [5.41, 5.74) is 1.10. The second kappa shape index (κ2) is 4.57. The summed E-state index contributed by atoms with van der Waals surface area (Å²) in [6, 6.07) is 6.87. The SMILES string of the molecule is CN(C(=O)Cc1ccc(C(=O)O)cc1)C1CC1. The first kappa shape index (κ1) is 11.6. The van der Waals surface area contributed by atoms with E-state index in [0.717, 1.165) is 18.4 Å². The molecule has 1 amide bonds. The molecule has 4 nitrogen and oxygen atoms in total. The van der Waals surface area contributed by atoms with Gasteiger partial charge in [-0.2, -0.15) is 0 Å². The number of benzene rings is 1. The number of carbonyl (C=O) groups excluding carboxylic acids is 1. The van der Waals surface area contributed by atoms with Crippen LogP contribution in [0.1, 0.15) is 28.8 Å². The minimum absolute atomic E-state index is 0.0931. The molecule has 1 fully saturated rings. The Bertz CT molecular complexity index is 434. The number of nitrogens with zero attached hydrogens (tertiary/aromatic N) is 1. The van der Waals surface area contributed by atoms with E-state index >= 15 is 0 Å². The second-order valence-corrected chi connectivity index (χ2v) is 4.41. The van der Waals surface area contributed by atoms with Gasteiger partial charge < -0.3 is 10.0 Å². The topological polar surface area (TPSA) is 57.6 Å². The van der Waals surface area contributed by atoms with Crippen molar-refractivity contribution in [3.8, 4) is 0 Å². The molecular formula is C13H15NO3. The largest absolute Gasteiger partial charge is 0.478 e. The smallest absolute Gasteiger partial charge is 0.335 e. The number of amides is 1. The van der Waals surface area contributed by atoms with Gasteiger partial charge in [0.25, 0.3) is 0 Å². The van der Waals surface area contributed by atoms with E-state index in [2.05, 4.69) is 0 Å². The number of likely N-dealkylation sites (N-methyl/N-ethyl adjacent to an activating group) is 1. The molecule has 1 aromatic rings. The number of carboxylic acids is 1. The zero-order valence-electron chi connectivity index (χ0n) is 9.72. The minimum atomic E-state index is -0.946. The van der Waals surface area contributed by atoms with Crippen molar-refractivity contribution >= 4 is 11.9 Å². The van der Waals surface area contributed by atoms with Gasteiger partial charge in [0.1, 0.15) is 0 Å². The highest BCUT2D eigenvalue weighted by Crippen LogP contribution is 2.25. The molecule has 1 aliphatic rings. The molecular weight excluding hydrogens is 218 g/mol. The van der Waals surface area contributed by atoms with Gasteiger partial charge >= 0.3 is 5.97 Å². The van der Waals surface area contributed by atoms with Crippen molar-refractivity contribution in [3.63, 3.8) is 0 Å². The number of carboxylic acid groups (broad SMARTS) is 1. The lowest BCUT2D eigenvalue weighted by Crippen LogP contribution is -2.30. The third-order valence-electron chi connectivity index (χ3n) is 3.04. The van der Waals surface area contributed by atoms with E-state index in [0.29, 0.717) is 12.5 Å². The average molecular weight is 233 g/mol. The summed E-state index contributed by atoms with van der Waals surface area (Å²) in [6.45, 7) is 0. The van der Waals surface area contributed by atoms with Crippen LogP contribution in [0.5, 0.6) is 0 Å². The molecule has 90 valence electrons. The lowest BCUT2D eigenvalue weighted by Gasteiger charge is -2.16. The molecule has 17 heavy (non-hydrogen) atoms. The van der Waals surface area contributed by atoms with Crippen LogP contribution < -0.4 is 0 Å². The van der Waals surface area contributed by atoms with E-state index in [1.807, 2.05) is 7.05 Å². The first-order chi connectivity index (χ1) is 8.08.